The number of hydrogen-bond acceptors (Lipinski definition) is 10. The molecule has 2 aromatic carbocycles. The molecule has 6 heterocycles. The van der Waals surface area contributed by atoms with E-state index < -0.39 is 30.1 Å². The maximum Gasteiger partial charge on any atom is 0.407 e. The standard InChI is InChI=1S/C45H54N8O8/c1-27(2)39(50-44(58)60-4)43(57)51-26-45(17-20-61-21-18-45)23-36(51)41-47-25-34(49-41)31-13-9-29(10-14-31)28-7-11-30(12-8-28)33-24-46-40(48-33)35-6-5-19-52-37(54)16-15-32(22-38(55)59-3)42(56)53(35)52/h7-14,24-25,27,32,35-36,39H,5-6,15-23,26H2,1-4H3,(H,46,48)(H,47,49)(H,50,58)/t32-,35+,36?,39+/m1/s1. The third kappa shape index (κ3) is 8.50. The summed E-state index contributed by atoms with van der Waals surface area (Å²) in [4.78, 5) is 83.6. The molecule has 1 spiro atoms. The molecule has 61 heavy (non-hydrogen) atoms. The van der Waals surface area contributed by atoms with Gasteiger partial charge in [0.25, 0.3) is 0 Å². The minimum absolute atomic E-state index is 0.0684. The van der Waals surface area contributed by atoms with Crippen molar-refractivity contribution in [3.63, 3.8) is 0 Å². The Bertz CT molecular complexity index is 2250. The number of likely N-dealkylation sites (tertiary alicyclic amines) is 1. The van der Waals surface area contributed by atoms with Gasteiger partial charge in [-0.1, -0.05) is 62.4 Å². The van der Waals surface area contributed by atoms with Crippen molar-refractivity contribution in [3.05, 3.63) is 72.6 Å². The van der Waals surface area contributed by atoms with Crippen molar-refractivity contribution in [3.8, 4) is 33.6 Å². The highest BCUT2D eigenvalue weighted by atomic mass is 16.5. The zero-order valence-electron chi connectivity index (χ0n) is 35.1. The summed E-state index contributed by atoms with van der Waals surface area (Å²) in [6, 6.07) is 14.9. The third-order valence-electron chi connectivity index (χ3n) is 12.9. The van der Waals surface area contributed by atoms with E-state index in [-0.39, 0.29) is 47.9 Å². The average Bonchev–Trinajstić information content (AvgIpc) is 4.05. The topological polar surface area (TPSA) is 192 Å². The minimum atomic E-state index is -0.736. The molecule has 4 atom stereocenters. The van der Waals surface area contributed by atoms with Crippen LogP contribution in [-0.4, -0.2) is 111 Å². The molecule has 4 aliphatic rings. The summed E-state index contributed by atoms with van der Waals surface area (Å²) in [6.07, 6.45) is 7.17. The smallest absolute Gasteiger partial charge is 0.407 e. The van der Waals surface area contributed by atoms with Crippen LogP contribution in [0.15, 0.2) is 60.9 Å². The summed E-state index contributed by atoms with van der Waals surface area (Å²) in [7, 11) is 2.59. The number of hydrazine groups is 1. The number of carbonyl (C=O) groups excluding carboxylic acids is 5. The van der Waals surface area contributed by atoms with E-state index in [4.69, 9.17) is 19.2 Å². The molecular formula is C45H54N8O8. The van der Waals surface area contributed by atoms with Crippen LogP contribution in [0, 0.1) is 17.3 Å². The van der Waals surface area contributed by atoms with Gasteiger partial charge in [-0.15, -0.1) is 0 Å². The molecule has 3 N–H and O–H groups in total. The van der Waals surface area contributed by atoms with E-state index in [0.717, 1.165) is 59.3 Å². The molecule has 0 radical (unpaired) electrons. The quantitative estimate of drug-likeness (QED) is 0.161. The van der Waals surface area contributed by atoms with Crippen LogP contribution >= 0.6 is 0 Å². The fourth-order valence-electron chi connectivity index (χ4n) is 9.38. The molecule has 16 heteroatoms. The van der Waals surface area contributed by atoms with Gasteiger partial charge in [0.1, 0.15) is 23.7 Å². The SMILES string of the molecule is COC(=O)C[C@H]1CCC(=O)N2CCC[C@@H](c3ncc(-c4ccc(-c5ccc(-c6cnc(C7CC8(CCOCC8)CN7C(=O)[C@@H](NC(=O)OC)C(C)C)[nH]6)cc5)cc4)[nH]3)N2C1=O. The van der Waals surface area contributed by atoms with Crippen LogP contribution in [0.1, 0.15) is 88.9 Å². The lowest BCUT2D eigenvalue weighted by Crippen LogP contribution is -2.54. The second-order valence-corrected chi connectivity index (χ2v) is 17.0. The van der Waals surface area contributed by atoms with E-state index in [1.165, 1.54) is 24.2 Å². The zero-order chi connectivity index (χ0) is 42.8. The van der Waals surface area contributed by atoms with Gasteiger partial charge in [0.15, 0.2) is 0 Å². The number of imidazole rings is 2. The Kier molecular flexibility index (Phi) is 12.0. The van der Waals surface area contributed by atoms with Crippen molar-refractivity contribution in [2.24, 2.45) is 17.3 Å². The highest BCUT2D eigenvalue weighted by Crippen LogP contribution is 2.49. The number of aromatic nitrogens is 4. The van der Waals surface area contributed by atoms with Gasteiger partial charge in [-0.2, -0.15) is 0 Å². The molecule has 8 rings (SSSR count). The fourth-order valence-corrected chi connectivity index (χ4v) is 9.38. The monoisotopic (exact) mass is 834 g/mol. The number of esters is 1. The predicted molar refractivity (Wildman–Crippen MR) is 223 cm³/mol. The number of fused-ring (bicyclic) bond motifs is 1. The van der Waals surface area contributed by atoms with Crippen molar-refractivity contribution in [2.45, 2.75) is 83.3 Å². The number of alkyl carbamates (subject to hydrolysis) is 1. The maximum absolute atomic E-state index is 14.1. The summed E-state index contributed by atoms with van der Waals surface area (Å²) in [5.74, 6) is -0.491. The van der Waals surface area contributed by atoms with Gasteiger partial charge in [0, 0.05) is 32.7 Å². The first-order valence-electron chi connectivity index (χ1n) is 21.2. The van der Waals surface area contributed by atoms with E-state index in [1.807, 2.05) is 61.3 Å². The molecule has 4 aromatic rings. The van der Waals surface area contributed by atoms with Gasteiger partial charge in [-0.05, 0) is 72.1 Å². The van der Waals surface area contributed by atoms with Gasteiger partial charge in [0.2, 0.25) is 17.7 Å². The second-order valence-electron chi connectivity index (χ2n) is 17.0. The second kappa shape index (κ2) is 17.5. The number of nitrogens with zero attached hydrogens (tertiary/aromatic N) is 5. The van der Waals surface area contributed by atoms with Crippen molar-refractivity contribution >= 4 is 29.8 Å². The number of amides is 4. The molecular weight excluding hydrogens is 781 g/mol. The summed E-state index contributed by atoms with van der Waals surface area (Å²) < 4.78 is 15.4. The Hall–Kier alpha value is -6.03. The van der Waals surface area contributed by atoms with E-state index in [1.54, 1.807) is 6.20 Å². The number of benzene rings is 2. The van der Waals surface area contributed by atoms with E-state index in [9.17, 15) is 24.0 Å². The van der Waals surface area contributed by atoms with Gasteiger partial charge in [0.05, 0.1) is 56.4 Å². The van der Waals surface area contributed by atoms with Gasteiger partial charge in [-0.25, -0.2) is 19.8 Å². The summed E-state index contributed by atoms with van der Waals surface area (Å²) in [5.41, 5.74) is 5.47. The summed E-state index contributed by atoms with van der Waals surface area (Å²) in [6.45, 7) is 6.14. The number of H-pyrrole nitrogens is 2. The van der Waals surface area contributed by atoms with Crippen LogP contribution in [0.4, 0.5) is 4.79 Å². The molecule has 16 nitrogen and oxygen atoms in total. The highest BCUT2D eigenvalue weighted by molar-refractivity contribution is 5.89. The number of nitrogens with one attached hydrogen (secondary N) is 3. The van der Waals surface area contributed by atoms with E-state index >= 15 is 0 Å². The third-order valence-corrected chi connectivity index (χ3v) is 12.9. The lowest BCUT2D eigenvalue weighted by molar-refractivity contribution is -0.176. The van der Waals surface area contributed by atoms with Crippen LogP contribution in [0.5, 0.6) is 0 Å². The van der Waals surface area contributed by atoms with Gasteiger partial charge in [-0.3, -0.25) is 24.2 Å². The van der Waals surface area contributed by atoms with Crippen molar-refractivity contribution in [1.82, 2.24) is 40.2 Å². The average molecular weight is 835 g/mol. The summed E-state index contributed by atoms with van der Waals surface area (Å²) >= 11 is 0. The predicted octanol–water partition coefficient (Wildman–Crippen LogP) is 5.96. The Labute approximate surface area is 354 Å². The first-order valence-corrected chi connectivity index (χ1v) is 21.2. The van der Waals surface area contributed by atoms with Crippen LogP contribution < -0.4 is 5.32 Å². The fraction of sp³-hybridized carbons (Fsp3) is 0.489. The largest absolute Gasteiger partial charge is 0.469 e. The van der Waals surface area contributed by atoms with Crippen LogP contribution in [0.2, 0.25) is 0 Å². The first kappa shape index (κ1) is 41.7. The molecule has 4 aliphatic heterocycles. The molecule has 0 saturated carbocycles. The molecule has 322 valence electrons. The number of methoxy groups -OCH3 is 2. The maximum atomic E-state index is 14.1. The molecule has 4 amide bonds. The van der Waals surface area contributed by atoms with Gasteiger partial charge < -0.3 is 34.4 Å². The number of hydrogen-bond donors (Lipinski definition) is 3. The number of aromatic amines is 2. The molecule has 4 saturated heterocycles. The Morgan fingerprint density at radius 1 is 0.852 bits per heavy atom. The van der Waals surface area contributed by atoms with Crippen molar-refractivity contribution in [1.29, 1.82) is 0 Å². The molecule has 0 aliphatic carbocycles. The number of carbonyl (C=O) groups is 5. The first-order chi connectivity index (χ1) is 29.5. The van der Waals surface area contributed by atoms with Crippen LogP contribution in [-0.2, 0) is 33.4 Å². The van der Waals surface area contributed by atoms with Crippen molar-refractivity contribution in [2.75, 3.05) is 40.5 Å². The zero-order valence-corrected chi connectivity index (χ0v) is 35.1. The number of rotatable bonds is 10. The summed E-state index contributed by atoms with van der Waals surface area (Å²) in [5, 5.41) is 5.81. The molecule has 4 fully saturated rings. The number of ether oxygens (including phenoxy) is 3. The normalized spacial score (nSPS) is 21.9. The molecule has 1 unspecified atom stereocenters. The van der Waals surface area contributed by atoms with Crippen LogP contribution in [0.3, 0.4) is 0 Å². The Balaban J connectivity index is 0.965. The molecule has 0 bridgehead atoms. The van der Waals surface area contributed by atoms with Gasteiger partial charge >= 0.3 is 12.1 Å². The lowest BCUT2D eigenvalue weighted by atomic mass is 9.78. The highest BCUT2D eigenvalue weighted by Gasteiger charge is 2.50. The van der Waals surface area contributed by atoms with E-state index in [2.05, 4.69) is 32.4 Å². The van der Waals surface area contributed by atoms with Crippen molar-refractivity contribution < 1.29 is 38.2 Å². The lowest BCUT2D eigenvalue weighted by Gasteiger charge is -2.43. The van der Waals surface area contributed by atoms with Crippen LogP contribution in [0.25, 0.3) is 33.6 Å². The Morgan fingerprint density at radius 2 is 1.44 bits per heavy atom. The molecule has 2 aromatic heterocycles. The minimum Gasteiger partial charge on any atom is -0.469 e. The van der Waals surface area contributed by atoms with E-state index in [0.29, 0.717) is 50.8 Å². The Morgan fingerprint density at radius 3 is 2.02 bits per heavy atom.